The van der Waals surface area contributed by atoms with E-state index in [-0.39, 0.29) is 17.9 Å². The number of methoxy groups -OCH3 is 1. The van der Waals surface area contributed by atoms with Gasteiger partial charge in [0.2, 0.25) is 0 Å². The van der Waals surface area contributed by atoms with Crippen molar-refractivity contribution in [3.63, 3.8) is 0 Å². The Balaban J connectivity index is 2.22. The number of carbonyl (C=O) groups excluding carboxylic acids is 1. The van der Waals surface area contributed by atoms with E-state index in [1.165, 1.54) is 7.11 Å². The number of benzene rings is 1. The van der Waals surface area contributed by atoms with Crippen LogP contribution >= 0.6 is 0 Å². The first-order valence-electron chi connectivity index (χ1n) is 5.61. The number of nitrogens with one attached hydrogen (secondary N) is 1. The number of hydrogen-bond acceptors (Lipinski definition) is 3. The van der Waals surface area contributed by atoms with E-state index in [0.29, 0.717) is 6.04 Å². The van der Waals surface area contributed by atoms with Gasteiger partial charge in [0.1, 0.15) is 0 Å². The Labute approximate surface area is 95.8 Å². The summed E-state index contributed by atoms with van der Waals surface area (Å²) in [6.45, 7) is 2.10. The number of ether oxygens (including phenoxy) is 1. The fourth-order valence-electron chi connectivity index (χ4n) is 2.38. The first-order chi connectivity index (χ1) is 7.72. The average Bonchev–Trinajstić information content (AvgIpc) is 2.71. The van der Waals surface area contributed by atoms with Crippen LogP contribution in [0.15, 0.2) is 30.3 Å². The van der Waals surface area contributed by atoms with Gasteiger partial charge in [-0.3, -0.25) is 4.79 Å². The molecule has 0 spiro atoms. The van der Waals surface area contributed by atoms with Gasteiger partial charge in [0.05, 0.1) is 13.0 Å². The molecule has 0 aromatic heterocycles. The average molecular weight is 219 g/mol. The largest absolute Gasteiger partial charge is 0.469 e. The monoisotopic (exact) mass is 219 g/mol. The van der Waals surface area contributed by atoms with Crippen molar-refractivity contribution >= 4 is 5.97 Å². The molecule has 1 aromatic carbocycles. The molecule has 16 heavy (non-hydrogen) atoms. The molecule has 1 aliphatic rings. The highest BCUT2D eigenvalue weighted by atomic mass is 16.5. The Morgan fingerprint density at radius 1 is 1.38 bits per heavy atom. The van der Waals surface area contributed by atoms with Gasteiger partial charge in [0, 0.05) is 12.1 Å². The molecule has 2 rings (SSSR count). The van der Waals surface area contributed by atoms with Gasteiger partial charge >= 0.3 is 5.97 Å². The standard InChI is InChI=1S/C13H17NO2/c1-9-8-11(13(15)16-2)12(14-9)10-6-4-3-5-7-10/h3-7,9,11-12,14H,8H2,1-2H3/t9-,11-,12+/m1/s1. The van der Waals surface area contributed by atoms with Crippen molar-refractivity contribution in [2.75, 3.05) is 7.11 Å². The lowest BCUT2D eigenvalue weighted by molar-refractivity contribution is -0.145. The lowest BCUT2D eigenvalue weighted by Gasteiger charge is -2.17. The fraction of sp³-hybridized carbons (Fsp3) is 0.462. The third-order valence-electron chi connectivity index (χ3n) is 3.14. The smallest absolute Gasteiger partial charge is 0.310 e. The lowest BCUT2D eigenvalue weighted by atomic mass is 9.94. The third-order valence-corrected chi connectivity index (χ3v) is 3.14. The molecular formula is C13H17NO2. The van der Waals surface area contributed by atoms with E-state index in [4.69, 9.17) is 4.74 Å². The second-order valence-corrected chi connectivity index (χ2v) is 4.32. The van der Waals surface area contributed by atoms with Gasteiger partial charge in [-0.15, -0.1) is 0 Å². The van der Waals surface area contributed by atoms with Crippen LogP contribution < -0.4 is 5.32 Å². The van der Waals surface area contributed by atoms with Crippen LogP contribution in [0.5, 0.6) is 0 Å². The maximum atomic E-state index is 11.7. The first-order valence-corrected chi connectivity index (χ1v) is 5.61. The van der Waals surface area contributed by atoms with Crippen LogP contribution in [0.3, 0.4) is 0 Å². The maximum absolute atomic E-state index is 11.7. The predicted molar refractivity (Wildman–Crippen MR) is 61.9 cm³/mol. The Morgan fingerprint density at radius 3 is 2.69 bits per heavy atom. The third kappa shape index (κ3) is 2.09. The molecule has 86 valence electrons. The number of esters is 1. The lowest BCUT2D eigenvalue weighted by Crippen LogP contribution is -2.25. The number of hydrogen-bond donors (Lipinski definition) is 1. The van der Waals surface area contributed by atoms with Crippen molar-refractivity contribution in [2.45, 2.75) is 25.4 Å². The van der Waals surface area contributed by atoms with E-state index < -0.39 is 0 Å². The number of carbonyl (C=O) groups is 1. The number of rotatable bonds is 2. The van der Waals surface area contributed by atoms with Crippen LogP contribution in [-0.2, 0) is 9.53 Å². The highest BCUT2D eigenvalue weighted by Crippen LogP contribution is 2.33. The van der Waals surface area contributed by atoms with Crippen molar-refractivity contribution < 1.29 is 9.53 Å². The normalized spacial score (nSPS) is 29.0. The van der Waals surface area contributed by atoms with Crippen LogP contribution in [0.2, 0.25) is 0 Å². The van der Waals surface area contributed by atoms with Crippen LogP contribution in [0.25, 0.3) is 0 Å². The summed E-state index contributed by atoms with van der Waals surface area (Å²) >= 11 is 0. The van der Waals surface area contributed by atoms with Gasteiger partial charge in [0.15, 0.2) is 0 Å². The molecule has 1 N–H and O–H groups in total. The van der Waals surface area contributed by atoms with Gasteiger partial charge in [-0.1, -0.05) is 30.3 Å². The Hall–Kier alpha value is -1.35. The molecule has 0 bridgehead atoms. The van der Waals surface area contributed by atoms with E-state index >= 15 is 0 Å². The molecule has 0 saturated carbocycles. The van der Waals surface area contributed by atoms with E-state index in [0.717, 1.165) is 12.0 Å². The summed E-state index contributed by atoms with van der Waals surface area (Å²) in [7, 11) is 1.45. The summed E-state index contributed by atoms with van der Waals surface area (Å²) in [4.78, 5) is 11.7. The summed E-state index contributed by atoms with van der Waals surface area (Å²) in [6.07, 6.45) is 0.840. The maximum Gasteiger partial charge on any atom is 0.310 e. The zero-order valence-electron chi connectivity index (χ0n) is 9.64. The van der Waals surface area contributed by atoms with Crippen molar-refractivity contribution in [2.24, 2.45) is 5.92 Å². The van der Waals surface area contributed by atoms with E-state index in [9.17, 15) is 4.79 Å². The van der Waals surface area contributed by atoms with Gasteiger partial charge < -0.3 is 10.1 Å². The zero-order valence-corrected chi connectivity index (χ0v) is 9.64. The summed E-state index contributed by atoms with van der Waals surface area (Å²) in [5.74, 6) is -0.187. The predicted octanol–water partition coefficient (Wildman–Crippen LogP) is 1.90. The molecule has 1 heterocycles. The minimum Gasteiger partial charge on any atom is -0.469 e. The van der Waals surface area contributed by atoms with Gasteiger partial charge in [-0.2, -0.15) is 0 Å². The molecule has 0 unspecified atom stereocenters. The van der Waals surface area contributed by atoms with Gasteiger partial charge in [-0.05, 0) is 18.9 Å². The minimum absolute atomic E-state index is 0.0672. The molecule has 3 nitrogen and oxygen atoms in total. The van der Waals surface area contributed by atoms with Crippen molar-refractivity contribution in [1.29, 1.82) is 0 Å². The zero-order chi connectivity index (χ0) is 11.5. The second kappa shape index (κ2) is 4.66. The summed E-state index contributed by atoms with van der Waals surface area (Å²) < 4.78 is 4.86. The topological polar surface area (TPSA) is 38.3 Å². The molecule has 0 aliphatic carbocycles. The molecular weight excluding hydrogens is 202 g/mol. The minimum atomic E-state index is -0.120. The molecule has 0 radical (unpaired) electrons. The van der Waals surface area contributed by atoms with Gasteiger partial charge in [-0.25, -0.2) is 0 Å². The second-order valence-electron chi connectivity index (χ2n) is 4.32. The van der Waals surface area contributed by atoms with E-state index in [1.54, 1.807) is 0 Å². The van der Waals surface area contributed by atoms with Crippen LogP contribution in [0.4, 0.5) is 0 Å². The quantitative estimate of drug-likeness (QED) is 0.772. The Morgan fingerprint density at radius 2 is 2.06 bits per heavy atom. The van der Waals surface area contributed by atoms with Crippen molar-refractivity contribution in [3.8, 4) is 0 Å². The molecule has 1 aromatic rings. The molecule has 3 heteroatoms. The van der Waals surface area contributed by atoms with Crippen LogP contribution in [0, 0.1) is 5.92 Å². The summed E-state index contributed by atoms with van der Waals surface area (Å²) in [6, 6.07) is 10.5. The van der Waals surface area contributed by atoms with E-state index in [1.807, 2.05) is 30.3 Å². The van der Waals surface area contributed by atoms with E-state index in [2.05, 4.69) is 12.2 Å². The summed E-state index contributed by atoms with van der Waals surface area (Å²) in [5, 5.41) is 3.43. The Bertz CT molecular complexity index is 363. The van der Waals surface area contributed by atoms with Crippen molar-refractivity contribution in [1.82, 2.24) is 5.32 Å². The van der Waals surface area contributed by atoms with Crippen LogP contribution in [0.1, 0.15) is 24.9 Å². The highest BCUT2D eigenvalue weighted by molar-refractivity contribution is 5.74. The SMILES string of the molecule is COC(=O)[C@@H]1C[C@@H](C)N[C@H]1c1ccccc1. The molecule has 1 saturated heterocycles. The van der Waals surface area contributed by atoms with Gasteiger partial charge in [0.25, 0.3) is 0 Å². The Kier molecular flexibility index (Phi) is 3.25. The van der Waals surface area contributed by atoms with Crippen LogP contribution in [-0.4, -0.2) is 19.1 Å². The van der Waals surface area contributed by atoms with Crippen molar-refractivity contribution in [3.05, 3.63) is 35.9 Å². The molecule has 1 fully saturated rings. The molecule has 0 amide bonds. The first kappa shape index (κ1) is 11.1. The molecule has 1 aliphatic heterocycles. The fourth-order valence-corrected chi connectivity index (χ4v) is 2.38. The summed E-state index contributed by atoms with van der Waals surface area (Å²) in [5.41, 5.74) is 1.15. The molecule has 3 atom stereocenters. The highest BCUT2D eigenvalue weighted by Gasteiger charge is 2.37.